The molecule has 2 aromatic carbocycles. The van der Waals surface area contributed by atoms with Crippen LogP contribution in [0.3, 0.4) is 0 Å². The number of nitrogens with one attached hydrogen (secondary N) is 1. The number of fused-ring (bicyclic) bond motifs is 1. The number of aromatic nitrogens is 1. The maximum absolute atomic E-state index is 13.9. The third-order valence-corrected chi connectivity index (χ3v) is 6.76. The molecule has 1 N–H and O–H groups in total. The van der Waals surface area contributed by atoms with Gasteiger partial charge in [0.1, 0.15) is 16.8 Å². The number of amides is 1. The van der Waals surface area contributed by atoms with E-state index in [1.165, 1.54) is 34.8 Å². The van der Waals surface area contributed by atoms with Crippen molar-refractivity contribution in [3.05, 3.63) is 66.6 Å². The molecular weight excluding hydrogens is 381 g/mol. The van der Waals surface area contributed by atoms with Gasteiger partial charge in [0.25, 0.3) is 0 Å². The highest BCUT2D eigenvalue weighted by Gasteiger charge is 2.40. The lowest BCUT2D eigenvalue weighted by Crippen LogP contribution is -2.43. The van der Waals surface area contributed by atoms with Crippen LogP contribution in [0.5, 0.6) is 0 Å². The Labute approximate surface area is 162 Å². The molecule has 1 amide bonds. The maximum Gasteiger partial charge on any atom is 0.245 e. The van der Waals surface area contributed by atoms with E-state index in [9.17, 15) is 17.6 Å². The number of para-hydroxylation sites is 2. The van der Waals surface area contributed by atoms with Crippen LogP contribution in [0.25, 0.3) is 10.9 Å². The molecule has 1 atom stereocenters. The lowest BCUT2D eigenvalue weighted by atomic mass is 10.2. The van der Waals surface area contributed by atoms with Crippen molar-refractivity contribution in [1.82, 2.24) is 9.29 Å². The number of benzene rings is 2. The smallest absolute Gasteiger partial charge is 0.245 e. The second kappa shape index (κ2) is 7.29. The van der Waals surface area contributed by atoms with E-state index in [1.807, 2.05) is 0 Å². The number of anilines is 1. The van der Waals surface area contributed by atoms with Crippen molar-refractivity contribution in [2.45, 2.75) is 23.8 Å². The van der Waals surface area contributed by atoms with E-state index in [2.05, 4.69) is 10.3 Å². The van der Waals surface area contributed by atoms with Crippen LogP contribution in [-0.2, 0) is 14.8 Å². The molecule has 0 aliphatic carbocycles. The van der Waals surface area contributed by atoms with Gasteiger partial charge in [0.2, 0.25) is 15.9 Å². The first kappa shape index (κ1) is 18.5. The molecule has 1 fully saturated rings. The average Bonchev–Trinajstić information content (AvgIpc) is 3.20. The molecular formula is C20H18FN3O3S. The van der Waals surface area contributed by atoms with E-state index >= 15 is 0 Å². The molecule has 2 heterocycles. The van der Waals surface area contributed by atoms with Crippen molar-refractivity contribution in [3.8, 4) is 0 Å². The van der Waals surface area contributed by atoms with Crippen molar-refractivity contribution in [1.29, 1.82) is 0 Å². The summed E-state index contributed by atoms with van der Waals surface area (Å²) in [4.78, 5) is 17.0. The molecule has 144 valence electrons. The Hall–Kier alpha value is -2.84. The summed E-state index contributed by atoms with van der Waals surface area (Å²) >= 11 is 0. The van der Waals surface area contributed by atoms with Gasteiger partial charge in [-0.05, 0) is 37.1 Å². The lowest BCUT2D eigenvalue weighted by Gasteiger charge is -2.24. The van der Waals surface area contributed by atoms with Crippen LogP contribution in [0.15, 0.2) is 65.7 Å². The zero-order valence-corrected chi connectivity index (χ0v) is 15.7. The highest BCUT2D eigenvalue weighted by Crippen LogP contribution is 2.30. The zero-order chi connectivity index (χ0) is 19.7. The third-order valence-electron chi connectivity index (χ3n) is 4.82. The largest absolute Gasteiger partial charge is 0.322 e. The molecule has 1 saturated heterocycles. The number of hydrogen-bond donors (Lipinski definition) is 1. The molecule has 0 spiro atoms. The summed E-state index contributed by atoms with van der Waals surface area (Å²) in [6.45, 7) is 0.223. The molecule has 28 heavy (non-hydrogen) atoms. The fraction of sp³-hybridized carbons (Fsp3) is 0.200. The van der Waals surface area contributed by atoms with E-state index < -0.39 is 27.8 Å². The molecule has 3 aromatic rings. The lowest BCUT2D eigenvalue weighted by molar-refractivity contribution is -0.119. The van der Waals surface area contributed by atoms with Gasteiger partial charge < -0.3 is 5.32 Å². The Kier molecular flexibility index (Phi) is 4.82. The van der Waals surface area contributed by atoms with E-state index in [-0.39, 0.29) is 17.1 Å². The van der Waals surface area contributed by atoms with Gasteiger partial charge >= 0.3 is 0 Å². The number of hydrogen-bond acceptors (Lipinski definition) is 4. The van der Waals surface area contributed by atoms with Crippen molar-refractivity contribution in [3.63, 3.8) is 0 Å². The third kappa shape index (κ3) is 3.25. The fourth-order valence-corrected chi connectivity index (χ4v) is 5.30. The number of rotatable bonds is 4. The van der Waals surface area contributed by atoms with Gasteiger partial charge in [0, 0.05) is 18.1 Å². The molecule has 0 saturated carbocycles. The van der Waals surface area contributed by atoms with Crippen molar-refractivity contribution in [2.24, 2.45) is 0 Å². The van der Waals surface area contributed by atoms with Crippen molar-refractivity contribution >= 4 is 32.5 Å². The number of carbonyl (C=O) groups is 1. The van der Waals surface area contributed by atoms with Crippen LogP contribution in [-0.4, -0.2) is 36.2 Å². The van der Waals surface area contributed by atoms with E-state index in [1.54, 1.807) is 30.3 Å². The Morgan fingerprint density at radius 2 is 1.89 bits per heavy atom. The highest BCUT2D eigenvalue weighted by molar-refractivity contribution is 7.89. The van der Waals surface area contributed by atoms with E-state index in [0.29, 0.717) is 23.7 Å². The van der Waals surface area contributed by atoms with Gasteiger partial charge in [-0.25, -0.2) is 12.8 Å². The molecule has 4 rings (SSSR count). The Morgan fingerprint density at radius 1 is 1.11 bits per heavy atom. The molecule has 1 unspecified atom stereocenters. The number of nitrogens with zero attached hydrogens (tertiary/aromatic N) is 2. The summed E-state index contributed by atoms with van der Waals surface area (Å²) in [6, 6.07) is 13.4. The molecule has 0 bridgehead atoms. The summed E-state index contributed by atoms with van der Waals surface area (Å²) in [5.74, 6) is -1.11. The van der Waals surface area contributed by atoms with Gasteiger partial charge in [0.05, 0.1) is 11.2 Å². The summed E-state index contributed by atoms with van der Waals surface area (Å²) < 4.78 is 41.7. The number of halogens is 1. The van der Waals surface area contributed by atoms with Gasteiger partial charge in [-0.2, -0.15) is 4.31 Å². The second-order valence-electron chi connectivity index (χ2n) is 6.57. The number of carbonyl (C=O) groups excluding carboxylic acids is 1. The van der Waals surface area contributed by atoms with Crippen LogP contribution in [0, 0.1) is 5.82 Å². The predicted molar refractivity (Wildman–Crippen MR) is 104 cm³/mol. The standard InChI is InChI=1S/C20H18FN3O3S/c21-15-8-1-2-9-16(15)23-20(25)17-10-5-13-24(17)28(26,27)18-11-3-6-14-7-4-12-22-19(14)18/h1-4,6-9,11-12,17H,5,10,13H2,(H,23,25). The summed E-state index contributed by atoms with van der Waals surface area (Å²) in [5, 5.41) is 3.21. The molecule has 1 aromatic heterocycles. The fourth-order valence-electron chi connectivity index (χ4n) is 3.48. The average molecular weight is 399 g/mol. The molecule has 1 aliphatic rings. The first-order valence-electron chi connectivity index (χ1n) is 8.89. The zero-order valence-electron chi connectivity index (χ0n) is 14.9. The van der Waals surface area contributed by atoms with Crippen LogP contribution < -0.4 is 5.32 Å². The molecule has 6 nitrogen and oxygen atoms in total. The van der Waals surface area contributed by atoms with Gasteiger partial charge in [0.15, 0.2) is 0 Å². The maximum atomic E-state index is 13.9. The molecule has 1 aliphatic heterocycles. The quantitative estimate of drug-likeness (QED) is 0.731. The van der Waals surface area contributed by atoms with Crippen LogP contribution >= 0.6 is 0 Å². The minimum Gasteiger partial charge on any atom is -0.322 e. The van der Waals surface area contributed by atoms with Crippen LogP contribution in [0.1, 0.15) is 12.8 Å². The van der Waals surface area contributed by atoms with Crippen molar-refractivity contribution < 1.29 is 17.6 Å². The minimum absolute atomic E-state index is 0.0311. The number of sulfonamides is 1. The first-order chi connectivity index (χ1) is 13.5. The van der Waals surface area contributed by atoms with E-state index in [0.717, 1.165) is 0 Å². The predicted octanol–water partition coefficient (Wildman–Crippen LogP) is 3.17. The second-order valence-corrected chi connectivity index (χ2v) is 8.43. The summed E-state index contributed by atoms with van der Waals surface area (Å²) in [7, 11) is -3.95. The Bertz CT molecular complexity index is 1140. The topological polar surface area (TPSA) is 79.4 Å². The number of pyridine rings is 1. The van der Waals surface area contributed by atoms with Gasteiger partial charge in [-0.1, -0.05) is 30.3 Å². The van der Waals surface area contributed by atoms with Crippen LogP contribution in [0.4, 0.5) is 10.1 Å². The summed E-state index contributed by atoms with van der Waals surface area (Å²) in [5.41, 5.74) is 0.397. The normalized spacial score (nSPS) is 17.7. The minimum atomic E-state index is -3.95. The van der Waals surface area contributed by atoms with Crippen LogP contribution in [0.2, 0.25) is 0 Å². The highest BCUT2D eigenvalue weighted by atomic mass is 32.2. The SMILES string of the molecule is O=C(Nc1ccccc1F)C1CCCN1S(=O)(=O)c1cccc2cccnc12. The molecule has 0 radical (unpaired) electrons. The molecule has 8 heteroatoms. The van der Waals surface area contributed by atoms with E-state index in [4.69, 9.17) is 0 Å². The Morgan fingerprint density at radius 3 is 2.71 bits per heavy atom. The van der Waals surface area contributed by atoms with Crippen molar-refractivity contribution in [2.75, 3.05) is 11.9 Å². The van der Waals surface area contributed by atoms with Gasteiger partial charge in [-0.15, -0.1) is 0 Å². The Balaban J connectivity index is 1.67. The first-order valence-corrected chi connectivity index (χ1v) is 10.3. The monoisotopic (exact) mass is 399 g/mol. The summed E-state index contributed by atoms with van der Waals surface area (Å²) in [6.07, 6.45) is 2.46. The van der Waals surface area contributed by atoms with Gasteiger partial charge in [-0.3, -0.25) is 9.78 Å².